The number of benzene rings is 2. The van der Waals surface area contributed by atoms with E-state index in [1.807, 2.05) is 6.07 Å². The summed E-state index contributed by atoms with van der Waals surface area (Å²) in [5.41, 5.74) is -0.813. The lowest BCUT2D eigenvalue weighted by atomic mass is 10.00. The van der Waals surface area contributed by atoms with E-state index in [2.05, 4.69) is 20.6 Å². The zero-order chi connectivity index (χ0) is 28.9. The van der Waals surface area contributed by atoms with Gasteiger partial charge in [-0.15, -0.1) is 0 Å². The Morgan fingerprint density at radius 1 is 1.20 bits per heavy atom. The second kappa shape index (κ2) is 9.78. The van der Waals surface area contributed by atoms with Gasteiger partial charge in [0.1, 0.15) is 17.1 Å². The molecule has 3 aromatic rings. The number of hydrogen-bond donors (Lipinski definition) is 3. The summed E-state index contributed by atoms with van der Waals surface area (Å²) in [6.07, 6.45) is -4.76. The highest BCUT2D eigenvalue weighted by atomic mass is 35.5. The van der Waals surface area contributed by atoms with Gasteiger partial charge in [-0.2, -0.15) is 31.6 Å². The standard InChI is InChI=1S/C26H19ClF6N6O/c27-17-4-3-14(12-35-22(40)24(7-8-24)26(31,32)33)10-19(17)37-23-36-18-5-6-20(16(11-34)21(18)38-23)39-9-1-2-15(13-39)25(28,29)30/h1,3-10,15H,2,12-13H2,(H,35,40)(H2,36,37,38). The van der Waals surface area contributed by atoms with Gasteiger partial charge in [0, 0.05) is 19.3 Å². The molecule has 5 rings (SSSR count). The van der Waals surface area contributed by atoms with Gasteiger partial charge in [0.2, 0.25) is 11.9 Å². The monoisotopic (exact) mass is 580 g/mol. The average Bonchev–Trinajstić information content (AvgIpc) is 3.63. The number of fused-ring (bicyclic) bond motifs is 1. The van der Waals surface area contributed by atoms with Crippen molar-refractivity contribution >= 4 is 45.9 Å². The number of rotatable bonds is 6. The molecular formula is C26H19ClF6N6O. The third-order valence-electron chi connectivity index (χ3n) is 6.72. The summed E-state index contributed by atoms with van der Waals surface area (Å²) in [4.78, 5) is 20.9. The van der Waals surface area contributed by atoms with Crippen molar-refractivity contribution in [2.24, 2.45) is 11.3 Å². The number of nitriles is 1. The number of nitrogens with one attached hydrogen (secondary N) is 3. The minimum Gasteiger partial charge on any atom is -0.351 e. The Labute approximate surface area is 228 Å². The Hall–Kier alpha value is -4.18. The van der Waals surface area contributed by atoms with E-state index < -0.39 is 29.6 Å². The minimum absolute atomic E-state index is 0.0733. The van der Waals surface area contributed by atoms with Crippen LogP contribution in [0, 0.1) is 22.7 Å². The number of aromatic nitrogens is 2. The van der Waals surface area contributed by atoms with Crippen LogP contribution >= 0.6 is 11.6 Å². The number of carbonyl (C=O) groups excluding carboxylic acids is 1. The fourth-order valence-electron chi connectivity index (χ4n) is 4.40. The van der Waals surface area contributed by atoms with Crippen molar-refractivity contribution in [1.82, 2.24) is 15.3 Å². The van der Waals surface area contributed by atoms with Crippen LogP contribution in [0.4, 0.5) is 43.7 Å². The highest BCUT2D eigenvalue weighted by Gasteiger charge is 2.63. The van der Waals surface area contributed by atoms with Gasteiger partial charge in [-0.1, -0.05) is 35.9 Å². The average molecular weight is 581 g/mol. The summed E-state index contributed by atoms with van der Waals surface area (Å²) in [6.45, 7) is -0.538. The molecule has 1 aliphatic heterocycles. The molecule has 0 spiro atoms. The number of anilines is 3. The van der Waals surface area contributed by atoms with Gasteiger partial charge in [-0.3, -0.25) is 4.79 Å². The SMILES string of the molecule is N#Cc1c(N2C=CCC(C(F)(F)F)C2)ccc2[nH]c(Nc3cc(CNC(=O)C4(C(F)(F)F)C=C4)ccc3Cl)nc12. The Kier molecular flexibility index (Phi) is 6.70. The van der Waals surface area contributed by atoms with Gasteiger partial charge in [0.05, 0.1) is 27.8 Å². The summed E-state index contributed by atoms with van der Waals surface area (Å²) in [5.74, 6) is -2.60. The first-order valence-electron chi connectivity index (χ1n) is 11.9. The van der Waals surface area contributed by atoms with Crippen molar-refractivity contribution in [3.05, 3.63) is 70.9 Å². The molecule has 3 N–H and O–H groups in total. The molecule has 0 saturated heterocycles. The van der Waals surface area contributed by atoms with Gasteiger partial charge in [0.15, 0.2) is 5.41 Å². The maximum Gasteiger partial charge on any atom is 0.410 e. The number of imidazole rings is 1. The van der Waals surface area contributed by atoms with Crippen LogP contribution in [0.2, 0.25) is 5.02 Å². The zero-order valence-corrected chi connectivity index (χ0v) is 21.0. The molecule has 0 fully saturated rings. The van der Waals surface area contributed by atoms with Crippen LogP contribution in [0.3, 0.4) is 0 Å². The molecule has 1 unspecified atom stereocenters. The Bertz CT molecular complexity index is 1580. The van der Waals surface area contributed by atoms with E-state index in [1.165, 1.54) is 41.4 Å². The first-order chi connectivity index (χ1) is 18.8. The second-order valence-corrected chi connectivity index (χ2v) is 9.79. The van der Waals surface area contributed by atoms with Crippen LogP contribution < -0.4 is 15.5 Å². The van der Waals surface area contributed by atoms with E-state index in [1.54, 1.807) is 6.07 Å². The maximum absolute atomic E-state index is 13.3. The Balaban J connectivity index is 1.35. The third-order valence-corrected chi connectivity index (χ3v) is 7.05. The van der Waals surface area contributed by atoms with Crippen LogP contribution in [0.5, 0.6) is 0 Å². The van der Waals surface area contributed by atoms with E-state index >= 15 is 0 Å². The first kappa shape index (κ1) is 27.4. The molecular weight excluding hydrogens is 562 g/mol. The molecule has 208 valence electrons. The van der Waals surface area contributed by atoms with Crippen molar-refractivity contribution in [2.45, 2.75) is 25.3 Å². The summed E-state index contributed by atoms with van der Waals surface area (Å²) in [6, 6.07) is 9.68. The number of carbonyl (C=O) groups is 1. The van der Waals surface area contributed by atoms with E-state index in [9.17, 15) is 36.4 Å². The first-order valence-corrected chi connectivity index (χ1v) is 12.2. The van der Waals surface area contributed by atoms with Crippen molar-refractivity contribution in [2.75, 3.05) is 16.8 Å². The van der Waals surface area contributed by atoms with Crippen LogP contribution in [-0.4, -0.2) is 34.8 Å². The number of amides is 1. The number of aromatic amines is 1. The van der Waals surface area contributed by atoms with Gasteiger partial charge >= 0.3 is 12.4 Å². The van der Waals surface area contributed by atoms with Crippen molar-refractivity contribution in [3.8, 4) is 6.07 Å². The fourth-order valence-corrected chi connectivity index (χ4v) is 4.57. The molecule has 1 aliphatic carbocycles. The summed E-state index contributed by atoms with van der Waals surface area (Å²) >= 11 is 6.28. The molecule has 0 saturated carbocycles. The van der Waals surface area contributed by atoms with Gasteiger partial charge in [-0.05, 0) is 36.2 Å². The van der Waals surface area contributed by atoms with Gasteiger partial charge < -0.3 is 20.5 Å². The van der Waals surface area contributed by atoms with E-state index in [0.717, 1.165) is 12.2 Å². The molecule has 1 aromatic heterocycles. The molecule has 1 amide bonds. The van der Waals surface area contributed by atoms with Crippen molar-refractivity contribution in [1.29, 1.82) is 5.26 Å². The number of halogens is 7. The van der Waals surface area contributed by atoms with Crippen molar-refractivity contribution in [3.63, 3.8) is 0 Å². The minimum atomic E-state index is -4.72. The largest absolute Gasteiger partial charge is 0.410 e. The third kappa shape index (κ3) is 5.06. The molecule has 2 heterocycles. The Morgan fingerprint density at radius 3 is 2.60 bits per heavy atom. The fraction of sp³-hybridized carbons (Fsp3) is 0.269. The molecule has 14 heteroatoms. The van der Waals surface area contributed by atoms with Gasteiger partial charge in [0.25, 0.3) is 0 Å². The number of hydrogen-bond acceptors (Lipinski definition) is 5. The molecule has 2 aromatic carbocycles. The molecule has 0 bridgehead atoms. The molecule has 1 atom stereocenters. The summed E-state index contributed by atoms with van der Waals surface area (Å²) in [7, 11) is 0. The van der Waals surface area contributed by atoms with Crippen LogP contribution in [0.25, 0.3) is 11.0 Å². The second-order valence-electron chi connectivity index (χ2n) is 9.39. The summed E-state index contributed by atoms with van der Waals surface area (Å²) < 4.78 is 79.3. The van der Waals surface area contributed by atoms with Crippen LogP contribution in [-0.2, 0) is 11.3 Å². The quantitative estimate of drug-likeness (QED) is 0.229. The highest BCUT2D eigenvalue weighted by molar-refractivity contribution is 6.33. The van der Waals surface area contributed by atoms with E-state index in [4.69, 9.17) is 11.6 Å². The molecule has 0 radical (unpaired) electrons. The lowest BCUT2D eigenvalue weighted by molar-refractivity contribution is -0.185. The summed E-state index contributed by atoms with van der Waals surface area (Å²) in [5, 5.41) is 15.3. The number of alkyl halides is 6. The van der Waals surface area contributed by atoms with Gasteiger partial charge in [-0.25, -0.2) is 4.98 Å². The predicted octanol–water partition coefficient (Wildman–Crippen LogP) is 6.47. The lowest BCUT2D eigenvalue weighted by Crippen LogP contribution is -2.42. The smallest absolute Gasteiger partial charge is 0.351 e. The van der Waals surface area contributed by atoms with Crippen LogP contribution in [0.1, 0.15) is 17.5 Å². The predicted molar refractivity (Wildman–Crippen MR) is 136 cm³/mol. The number of nitrogens with zero attached hydrogens (tertiary/aromatic N) is 3. The maximum atomic E-state index is 13.3. The molecule has 2 aliphatic rings. The van der Waals surface area contributed by atoms with E-state index in [0.29, 0.717) is 16.8 Å². The van der Waals surface area contributed by atoms with Crippen molar-refractivity contribution < 1.29 is 31.1 Å². The lowest BCUT2D eigenvalue weighted by Gasteiger charge is -2.31. The molecule has 40 heavy (non-hydrogen) atoms. The Morgan fingerprint density at radius 2 is 1.95 bits per heavy atom. The normalized spacial score (nSPS) is 18.1. The topological polar surface area (TPSA) is 96.8 Å². The number of H-pyrrole nitrogens is 1. The highest BCUT2D eigenvalue weighted by Crippen LogP contribution is 2.50. The zero-order valence-electron chi connectivity index (χ0n) is 20.3. The van der Waals surface area contributed by atoms with Crippen LogP contribution in [0.15, 0.2) is 54.8 Å². The molecule has 7 nitrogen and oxygen atoms in total. The number of allylic oxidation sites excluding steroid dienone is 1. The van der Waals surface area contributed by atoms with E-state index in [-0.39, 0.29) is 47.2 Å².